The van der Waals surface area contributed by atoms with E-state index < -0.39 is 38.3 Å². The normalized spacial score (nSPS) is 14.1. The van der Waals surface area contributed by atoms with Crippen LogP contribution in [0.5, 0.6) is 5.75 Å². The fourth-order valence-electron chi connectivity index (χ4n) is 0.968. The molecule has 0 saturated heterocycles. The molecule has 12 heteroatoms. The molecule has 1 aromatic rings. The van der Waals surface area contributed by atoms with Crippen LogP contribution in [-0.2, 0) is 21.3 Å². The van der Waals surface area contributed by atoms with E-state index in [0.717, 1.165) is 24.3 Å². The van der Waals surface area contributed by atoms with Crippen molar-refractivity contribution in [2.75, 3.05) is 0 Å². The molecule has 0 radical (unpaired) electrons. The molecule has 1 rings (SSSR count). The van der Waals surface area contributed by atoms with Crippen LogP contribution < -0.4 is 14.4 Å². The molecule has 0 aromatic heterocycles. The summed E-state index contributed by atoms with van der Waals surface area (Å²) < 4.78 is 82.2. The van der Waals surface area contributed by atoms with Crippen molar-refractivity contribution in [3.8, 4) is 5.75 Å². The van der Waals surface area contributed by atoms with Crippen molar-refractivity contribution >= 4 is 21.3 Å². The van der Waals surface area contributed by atoms with Crippen LogP contribution in [0.15, 0.2) is 29.2 Å². The first-order chi connectivity index (χ1) is 8.60. The van der Waals surface area contributed by atoms with E-state index in [-0.39, 0.29) is 0 Å². The zero-order valence-electron chi connectivity index (χ0n) is 8.80. The van der Waals surface area contributed by atoms with Crippen LogP contribution in [0.2, 0.25) is 0 Å². The van der Waals surface area contributed by atoms with E-state index in [2.05, 4.69) is 4.74 Å². The van der Waals surface area contributed by atoms with Gasteiger partial charge in [-0.05, 0) is 24.3 Å². The highest BCUT2D eigenvalue weighted by molar-refractivity contribution is 7.90. The van der Waals surface area contributed by atoms with Gasteiger partial charge in [0.15, 0.2) is 0 Å². The van der Waals surface area contributed by atoms with Gasteiger partial charge >= 0.3 is 6.36 Å². The molecule has 0 aliphatic heterocycles. The SMILES string of the molecule is O=S([O-])NNS(=O)(=O)c1ccc(OC(F)(F)F)cc1. The zero-order valence-corrected chi connectivity index (χ0v) is 10.4. The Labute approximate surface area is 108 Å². The predicted molar refractivity (Wildman–Crippen MR) is 55.5 cm³/mol. The molecule has 1 aromatic carbocycles. The Morgan fingerprint density at radius 3 is 2.16 bits per heavy atom. The number of alkyl halides is 3. The van der Waals surface area contributed by atoms with Crippen LogP contribution >= 0.6 is 0 Å². The minimum atomic E-state index is -4.89. The highest BCUT2D eigenvalue weighted by atomic mass is 32.2. The number of hydrogen-bond acceptors (Lipinski definition) is 5. The summed E-state index contributed by atoms with van der Waals surface area (Å²) in [4.78, 5) is 2.45. The fraction of sp³-hybridized carbons (Fsp3) is 0.143. The summed E-state index contributed by atoms with van der Waals surface area (Å²) in [6, 6.07) is 3.18. The number of sulfonamides is 1. The predicted octanol–water partition coefficient (Wildman–Crippen LogP) is 0.162. The van der Waals surface area contributed by atoms with Gasteiger partial charge in [-0.1, -0.05) is 0 Å². The highest BCUT2D eigenvalue weighted by Crippen LogP contribution is 2.23. The molecule has 1 atom stereocenters. The summed E-state index contributed by atoms with van der Waals surface area (Å²) in [5, 5.41) is 0. The van der Waals surface area contributed by atoms with Crippen molar-refractivity contribution < 1.29 is 35.1 Å². The topological polar surface area (TPSA) is 108 Å². The van der Waals surface area contributed by atoms with Crippen molar-refractivity contribution in [3.63, 3.8) is 0 Å². The van der Waals surface area contributed by atoms with Gasteiger partial charge in [-0.2, -0.15) is 4.83 Å². The maximum absolute atomic E-state index is 11.9. The number of rotatable bonds is 5. The summed E-state index contributed by atoms with van der Waals surface area (Å²) in [5.74, 6) is -0.605. The molecule has 0 saturated carbocycles. The maximum Gasteiger partial charge on any atom is 0.573 e. The lowest BCUT2D eigenvalue weighted by Gasteiger charge is -2.11. The Hall–Kier alpha value is -1.21. The first-order valence-corrected chi connectivity index (χ1v) is 6.88. The summed E-state index contributed by atoms with van der Waals surface area (Å²) in [6.45, 7) is 0. The van der Waals surface area contributed by atoms with E-state index in [9.17, 15) is 30.4 Å². The molecule has 2 N–H and O–H groups in total. The van der Waals surface area contributed by atoms with Gasteiger partial charge < -0.3 is 9.29 Å². The van der Waals surface area contributed by atoms with Gasteiger partial charge in [0.2, 0.25) is 0 Å². The second-order valence-electron chi connectivity index (χ2n) is 2.96. The van der Waals surface area contributed by atoms with Gasteiger partial charge in [0.05, 0.1) is 4.90 Å². The first kappa shape index (κ1) is 15.8. The van der Waals surface area contributed by atoms with Gasteiger partial charge in [-0.25, -0.2) is 8.42 Å². The number of hydrazine groups is 1. The number of benzene rings is 1. The molecule has 19 heavy (non-hydrogen) atoms. The molecule has 108 valence electrons. The van der Waals surface area contributed by atoms with Crippen LogP contribution in [0, 0.1) is 0 Å². The van der Waals surface area contributed by atoms with Crippen molar-refractivity contribution in [3.05, 3.63) is 24.3 Å². The Kier molecular flexibility index (Phi) is 4.86. The Balaban J connectivity index is 2.84. The van der Waals surface area contributed by atoms with E-state index in [0.29, 0.717) is 0 Å². The molecular formula is C7H6F3N2O5S2-. The molecular weight excluding hydrogens is 313 g/mol. The van der Waals surface area contributed by atoms with Crippen LogP contribution in [0.4, 0.5) is 13.2 Å². The summed E-state index contributed by atoms with van der Waals surface area (Å²) in [6.07, 6.45) is -4.89. The van der Waals surface area contributed by atoms with Gasteiger partial charge in [0, 0.05) is 11.3 Å². The number of hydrogen-bond donors (Lipinski definition) is 2. The van der Waals surface area contributed by atoms with Gasteiger partial charge in [-0.3, -0.25) is 4.21 Å². The van der Waals surface area contributed by atoms with Crippen molar-refractivity contribution in [2.45, 2.75) is 11.3 Å². The van der Waals surface area contributed by atoms with E-state index >= 15 is 0 Å². The summed E-state index contributed by atoms with van der Waals surface area (Å²) in [5.41, 5.74) is 0. The third kappa shape index (κ3) is 5.52. The lowest BCUT2D eigenvalue weighted by molar-refractivity contribution is -0.274. The van der Waals surface area contributed by atoms with Crippen LogP contribution in [0.25, 0.3) is 0 Å². The third-order valence-corrected chi connectivity index (χ3v) is 3.29. The maximum atomic E-state index is 11.9. The van der Waals surface area contributed by atoms with Crippen molar-refractivity contribution in [2.24, 2.45) is 0 Å². The van der Waals surface area contributed by atoms with Gasteiger partial charge in [0.1, 0.15) is 5.75 Å². The minimum Gasteiger partial charge on any atom is -0.759 e. The number of ether oxygens (including phenoxy) is 1. The van der Waals surface area contributed by atoms with Gasteiger partial charge in [-0.15, -0.1) is 18.0 Å². The smallest absolute Gasteiger partial charge is 0.573 e. The Morgan fingerprint density at radius 2 is 1.74 bits per heavy atom. The van der Waals surface area contributed by atoms with E-state index in [1.165, 1.54) is 9.66 Å². The van der Waals surface area contributed by atoms with E-state index in [4.69, 9.17) is 0 Å². The van der Waals surface area contributed by atoms with E-state index in [1.807, 2.05) is 0 Å². The molecule has 0 aliphatic carbocycles. The minimum absolute atomic E-state index is 0.444. The fourth-order valence-corrected chi connectivity index (χ4v) is 2.29. The molecule has 7 nitrogen and oxygen atoms in total. The molecule has 0 bridgehead atoms. The second kappa shape index (κ2) is 5.83. The number of halogens is 3. The van der Waals surface area contributed by atoms with E-state index in [1.54, 1.807) is 0 Å². The molecule has 0 spiro atoms. The average molecular weight is 319 g/mol. The van der Waals surface area contributed by atoms with Crippen molar-refractivity contribution in [1.82, 2.24) is 9.66 Å². The largest absolute Gasteiger partial charge is 0.759 e. The summed E-state index contributed by atoms with van der Waals surface area (Å²) >= 11 is -2.87. The molecule has 1 unspecified atom stereocenters. The van der Waals surface area contributed by atoms with Crippen molar-refractivity contribution in [1.29, 1.82) is 0 Å². The Bertz CT molecular complexity index is 557. The monoisotopic (exact) mass is 319 g/mol. The third-order valence-electron chi connectivity index (χ3n) is 1.63. The second-order valence-corrected chi connectivity index (χ2v) is 5.32. The van der Waals surface area contributed by atoms with Gasteiger partial charge in [0.25, 0.3) is 10.0 Å². The molecule has 0 fully saturated rings. The number of nitrogens with one attached hydrogen (secondary N) is 2. The standard InChI is InChI=1S/C7H7F3N2O5S2/c8-7(9,10)17-5-1-3-6(4-2-5)19(15,16)12-11-18(13)14/h1-4,11-12H,(H,13,14)/p-1. The average Bonchev–Trinajstić information content (AvgIpc) is 2.25. The molecule has 0 amide bonds. The quantitative estimate of drug-likeness (QED) is 0.594. The summed E-state index contributed by atoms with van der Waals surface area (Å²) in [7, 11) is -4.21. The first-order valence-electron chi connectivity index (χ1n) is 4.33. The zero-order chi connectivity index (χ0) is 14.7. The Morgan fingerprint density at radius 1 is 1.21 bits per heavy atom. The molecule has 0 aliphatic rings. The lowest BCUT2D eigenvalue weighted by atomic mass is 10.3. The van der Waals surface area contributed by atoms with Crippen LogP contribution in [0.1, 0.15) is 0 Å². The lowest BCUT2D eigenvalue weighted by Crippen LogP contribution is -2.38. The highest BCUT2D eigenvalue weighted by Gasteiger charge is 2.31. The molecule has 0 heterocycles. The van der Waals surface area contributed by atoms with Crippen LogP contribution in [-0.4, -0.2) is 23.5 Å². The van der Waals surface area contributed by atoms with Crippen LogP contribution in [0.3, 0.4) is 0 Å².